The summed E-state index contributed by atoms with van der Waals surface area (Å²) in [5.74, 6) is -5.61. The number of alkyl halides is 2. The smallest absolute Gasteiger partial charge is 0.286 e. The Labute approximate surface area is 84.8 Å². The van der Waals surface area contributed by atoms with Gasteiger partial charge in [-0.2, -0.15) is 0 Å². The third-order valence-electron chi connectivity index (χ3n) is 2.19. The maximum atomic E-state index is 12.5. The zero-order valence-electron chi connectivity index (χ0n) is 7.17. The van der Waals surface area contributed by atoms with Gasteiger partial charge in [0.05, 0.1) is 6.04 Å². The Bertz CT molecular complexity index is 272. The van der Waals surface area contributed by atoms with Crippen LogP contribution in [0.15, 0.2) is 0 Å². The van der Waals surface area contributed by atoms with Crippen molar-refractivity contribution in [1.29, 1.82) is 0 Å². The SMILES string of the molecule is NC(=O)C(=O)C(CC1CC1(F)F)NS. The summed E-state index contributed by atoms with van der Waals surface area (Å²) in [5.41, 5.74) is 4.73. The number of nitrogens with one attached hydrogen (secondary N) is 1. The first-order valence-corrected chi connectivity index (χ1v) is 4.44. The van der Waals surface area contributed by atoms with E-state index < -0.39 is 29.6 Å². The van der Waals surface area contributed by atoms with Gasteiger partial charge in [0, 0.05) is 12.3 Å². The average molecular weight is 224 g/mol. The molecule has 0 bridgehead atoms. The number of carbonyl (C=O) groups excluding carboxylic acids is 2. The van der Waals surface area contributed by atoms with E-state index in [1.54, 1.807) is 0 Å². The van der Waals surface area contributed by atoms with Crippen LogP contribution in [0.2, 0.25) is 0 Å². The van der Waals surface area contributed by atoms with Crippen molar-refractivity contribution in [3.8, 4) is 0 Å². The van der Waals surface area contributed by atoms with Gasteiger partial charge in [-0.05, 0) is 6.42 Å². The molecule has 2 atom stereocenters. The lowest BCUT2D eigenvalue weighted by atomic mass is 10.1. The molecule has 1 aliphatic rings. The summed E-state index contributed by atoms with van der Waals surface area (Å²) in [4.78, 5) is 21.5. The van der Waals surface area contributed by atoms with Crippen LogP contribution in [0.25, 0.3) is 0 Å². The third-order valence-corrected chi connectivity index (χ3v) is 2.50. The summed E-state index contributed by atoms with van der Waals surface area (Å²) in [6.45, 7) is 0. The van der Waals surface area contributed by atoms with Gasteiger partial charge in [-0.1, -0.05) is 12.8 Å². The molecule has 0 aromatic carbocycles. The molecule has 1 saturated carbocycles. The van der Waals surface area contributed by atoms with Gasteiger partial charge in [-0.15, -0.1) is 0 Å². The molecule has 1 amide bonds. The Morgan fingerprint density at radius 1 is 1.64 bits per heavy atom. The number of amides is 1. The molecule has 1 aliphatic carbocycles. The third kappa shape index (κ3) is 2.42. The van der Waals surface area contributed by atoms with Crippen LogP contribution >= 0.6 is 12.8 Å². The first-order chi connectivity index (χ1) is 6.38. The highest BCUT2D eigenvalue weighted by Crippen LogP contribution is 2.51. The van der Waals surface area contributed by atoms with E-state index in [0.29, 0.717) is 0 Å². The monoisotopic (exact) mass is 224 g/mol. The maximum absolute atomic E-state index is 12.5. The second-order valence-electron chi connectivity index (χ2n) is 3.31. The fourth-order valence-electron chi connectivity index (χ4n) is 1.20. The molecule has 0 aromatic heterocycles. The van der Waals surface area contributed by atoms with E-state index in [2.05, 4.69) is 17.5 Å². The number of hydrogen-bond acceptors (Lipinski definition) is 4. The molecule has 0 spiro atoms. The molecular formula is C7H10F2N2O2S. The minimum Gasteiger partial charge on any atom is -0.363 e. The molecular weight excluding hydrogens is 214 g/mol. The number of nitrogens with two attached hydrogens (primary N) is 1. The molecule has 0 aliphatic heterocycles. The minimum absolute atomic E-state index is 0.113. The van der Waals surface area contributed by atoms with Crippen LogP contribution in [0.4, 0.5) is 8.78 Å². The molecule has 1 fully saturated rings. The number of ketones is 1. The Hall–Kier alpha value is -0.690. The van der Waals surface area contributed by atoms with E-state index in [1.165, 1.54) is 0 Å². The summed E-state index contributed by atoms with van der Waals surface area (Å²) in [5, 5.41) is 0. The highest BCUT2D eigenvalue weighted by Gasteiger charge is 2.57. The van der Waals surface area contributed by atoms with Crippen molar-refractivity contribution in [3.05, 3.63) is 0 Å². The van der Waals surface area contributed by atoms with Crippen molar-refractivity contribution < 1.29 is 18.4 Å². The predicted molar refractivity (Wildman–Crippen MR) is 47.8 cm³/mol. The van der Waals surface area contributed by atoms with Crippen LogP contribution in [-0.2, 0) is 9.59 Å². The normalized spacial score (nSPS) is 25.5. The summed E-state index contributed by atoms with van der Waals surface area (Å²) >= 11 is 3.59. The first kappa shape index (κ1) is 11.4. The molecule has 0 heterocycles. The molecule has 4 nitrogen and oxygen atoms in total. The average Bonchev–Trinajstić information content (AvgIpc) is 2.68. The summed E-state index contributed by atoms with van der Waals surface area (Å²) < 4.78 is 27.2. The molecule has 2 unspecified atom stereocenters. The van der Waals surface area contributed by atoms with Crippen molar-refractivity contribution in [2.75, 3.05) is 0 Å². The summed E-state index contributed by atoms with van der Waals surface area (Å²) in [6, 6.07) is -1.02. The van der Waals surface area contributed by atoms with Gasteiger partial charge in [0.15, 0.2) is 0 Å². The predicted octanol–water partition coefficient (Wildman–Crippen LogP) is -0.111. The molecule has 1 rings (SSSR count). The second kappa shape index (κ2) is 3.82. The minimum atomic E-state index is -2.71. The van der Waals surface area contributed by atoms with Gasteiger partial charge in [0.1, 0.15) is 0 Å². The van der Waals surface area contributed by atoms with E-state index in [1.807, 2.05) is 0 Å². The number of carbonyl (C=O) groups is 2. The topological polar surface area (TPSA) is 72.2 Å². The van der Waals surface area contributed by atoms with E-state index in [0.717, 1.165) is 0 Å². The lowest BCUT2D eigenvalue weighted by Gasteiger charge is -2.11. The van der Waals surface area contributed by atoms with Crippen LogP contribution in [-0.4, -0.2) is 23.7 Å². The zero-order valence-corrected chi connectivity index (χ0v) is 8.06. The molecule has 3 N–H and O–H groups in total. The molecule has 80 valence electrons. The van der Waals surface area contributed by atoms with Gasteiger partial charge >= 0.3 is 0 Å². The lowest BCUT2D eigenvalue weighted by molar-refractivity contribution is -0.137. The molecule has 0 aromatic rings. The number of hydrogen-bond donors (Lipinski definition) is 3. The second-order valence-corrected chi connectivity index (χ2v) is 3.57. The molecule has 0 saturated heterocycles. The molecule has 0 radical (unpaired) electrons. The van der Waals surface area contributed by atoms with E-state index in [9.17, 15) is 18.4 Å². The van der Waals surface area contributed by atoms with Gasteiger partial charge in [0.25, 0.3) is 11.8 Å². The van der Waals surface area contributed by atoms with Gasteiger partial charge in [0.2, 0.25) is 5.78 Å². The lowest BCUT2D eigenvalue weighted by Crippen LogP contribution is -2.40. The molecule has 7 heteroatoms. The van der Waals surface area contributed by atoms with Crippen molar-refractivity contribution in [2.24, 2.45) is 11.7 Å². The number of primary amides is 1. The Kier molecular flexibility index (Phi) is 3.10. The van der Waals surface area contributed by atoms with Crippen LogP contribution < -0.4 is 10.5 Å². The van der Waals surface area contributed by atoms with Crippen molar-refractivity contribution in [1.82, 2.24) is 4.72 Å². The van der Waals surface area contributed by atoms with Crippen LogP contribution in [0.5, 0.6) is 0 Å². The quantitative estimate of drug-likeness (QED) is 0.450. The molecule has 14 heavy (non-hydrogen) atoms. The van der Waals surface area contributed by atoms with Crippen molar-refractivity contribution in [2.45, 2.75) is 24.8 Å². The van der Waals surface area contributed by atoms with E-state index in [-0.39, 0.29) is 12.8 Å². The van der Waals surface area contributed by atoms with Crippen LogP contribution in [0.1, 0.15) is 12.8 Å². The zero-order chi connectivity index (χ0) is 10.9. The number of Topliss-reactive ketones (excluding diaryl/α,β-unsaturated/α-hetero) is 1. The Balaban J connectivity index is 2.48. The first-order valence-electron chi connectivity index (χ1n) is 3.99. The Morgan fingerprint density at radius 2 is 2.14 bits per heavy atom. The summed E-state index contributed by atoms with van der Waals surface area (Å²) in [7, 11) is 0. The standard InChI is InChI=1S/C7H10F2N2O2S/c8-7(9)2-3(7)1-4(11-14)5(12)6(10)13/h3-4,11,14H,1-2H2,(H2,10,13). The number of thiol groups is 1. The van der Waals surface area contributed by atoms with E-state index in [4.69, 9.17) is 5.73 Å². The highest BCUT2D eigenvalue weighted by molar-refractivity contribution is 7.78. The summed E-state index contributed by atoms with van der Waals surface area (Å²) in [6.07, 6.45) is -0.358. The Morgan fingerprint density at radius 3 is 2.43 bits per heavy atom. The highest BCUT2D eigenvalue weighted by atomic mass is 32.1. The fraction of sp³-hybridized carbons (Fsp3) is 0.714. The number of rotatable bonds is 5. The number of halogens is 2. The van der Waals surface area contributed by atoms with Gasteiger partial charge in [-0.3, -0.25) is 14.3 Å². The van der Waals surface area contributed by atoms with Crippen molar-refractivity contribution in [3.63, 3.8) is 0 Å². The van der Waals surface area contributed by atoms with Crippen LogP contribution in [0, 0.1) is 5.92 Å². The van der Waals surface area contributed by atoms with Gasteiger partial charge < -0.3 is 5.73 Å². The van der Waals surface area contributed by atoms with Crippen LogP contribution in [0.3, 0.4) is 0 Å². The van der Waals surface area contributed by atoms with Crippen molar-refractivity contribution >= 4 is 24.5 Å². The fourth-order valence-corrected chi connectivity index (χ4v) is 1.42. The maximum Gasteiger partial charge on any atom is 0.286 e. The van der Waals surface area contributed by atoms with Gasteiger partial charge in [-0.25, -0.2) is 8.78 Å². The largest absolute Gasteiger partial charge is 0.363 e. The van der Waals surface area contributed by atoms with E-state index >= 15 is 0 Å².